The minimum Gasteiger partial charge on any atom is -0.497 e. The molecular formula is C17H29NO2. The zero-order valence-corrected chi connectivity index (χ0v) is 13.5. The first-order valence-electron chi connectivity index (χ1n) is 7.53. The Morgan fingerprint density at radius 2 is 1.80 bits per heavy atom. The van der Waals surface area contributed by atoms with E-state index in [0.29, 0.717) is 6.61 Å². The Bertz CT molecular complexity index is 373. The standard InChI is InChI=1S/C17H29NO2/c1-6-12-18-16(13-20-17(3,4)7-2)14-8-10-15(19-5)11-9-14/h8-11,16,18H,6-7,12-13H2,1-5H3. The van der Waals surface area contributed by atoms with Gasteiger partial charge in [-0.15, -0.1) is 0 Å². The van der Waals surface area contributed by atoms with Crippen molar-refractivity contribution >= 4 is 0 Å². The van der Waals surface area contributed by atoms with E-state index < -0.39 is 0 Å². The van der Waals surface area contributed by atoms with Crippen molar-refractivity contribution in [3.05, 3.63) is 29.8 Å². The molecule has 0 bridgehead atoms. The molecule has 114 valence electrons. The van der Waals surface area contributed by atoms with Crippen LogP contribution in [0, 0.1) is 0 Å². The predicted octanol–water partition coefficient (Wildman–Crippen LogP) is 3.94. The number of nitrogens with one attached hydrogen (secondary N) is 1. The van der Waals surface area contributed by atoms with E-state index in [1.165, 1.54) is 5.56 Å². The lowest BCUT2D eigenvalue weighted by Gasteiger charge is -2.28. The van der Waals surface area contributed by atoms with E-state index in [9.17, 15) is 0 Å². The minimum atomic E-state index is -0.0708. The molecule has 1 aromatic rings. The van der Waals surface area contributed by atoms with Gasteiger partial charge < -0.3 is 14.8 Å². The Hall–Kier alpha value is -1.06. The molecule has 1 N–H and O–H groups in total. The summed E-state index contributed by atoms with van der Waals surface area (Å²) in [7, 11) is 1.69. The van der Waals surface area contributed by atoms with Gasteiger partial charge in [-0.05, 0) is 50.9 Å². The minimum absolute atomic E-state index is 0.0708. The average Bonchev–Trinajstić information content (AvgIpc) is 2.47. The molecule has 1 aromatic carbocycles. The number of rotatable bonds is 9. The van der Waals surface area contributed by atoms with Crippen LogP contribution in [0.15, 0.2) is 24.3 Å². The molecular weight excluding hydrogens is 250 g/mol. The fourth-order valence-corrected chi connectivity index (χ4v) is 1.84. The van der Waals surface area contributed by atoms with Crippen LogP contribution in [0.4, 0.5) is 0 Å². The van der Waals surface area contributed by atoms with Crippen molar-refractivity contribution < 1.29 is 9.47 Å². The van der Waals surface area contributed by atoms with E-state index in [2.05, 4.69) is 45.1 Å². The maximum atomic E-state index is 6.06. The first-order valence-corrected chi connectivity index (χ1v) is 7.53. The summed E-state index contributed by atoms with van der Waals surface area (Å²) in [6.07, 6.45) is 2.12. The molecule has 0 radical (unpaired) electrons. The molecule has 0 saturated carbocycles. The smallest absolute Gasteiger partial charge is 0.118 e. The lowest BCUT2D eigenvalue weighted by Crippen LogP contribution is -2.32. The number of benzene rings is 1. The third-order valence-corrected chi connectivity index (χ3v) is 3.65. The van der Waals surface area contributed by atoms with E-state index in [1.807, 2.05) is 12.1 Å². The Morgan fingerprint density at radius 1 is 1.15 bits per heavy atom. The zero-order chi connectivity index (χ0) is 15.0. The molecule has 1 unspecified atom stereocenters. The SMILES string of the molecule is CCCNC(COC(C)(C)CC)c1ccc(OC)cc1. The summed E-state index contributed by atoms with van der Waals surface area (Å²) in [4.78, 5) is 0. The summed E-state index contributed by atoms with van der Waals surface area (Å²) in [5.41, 5.74) is 1.17. The summed E-state index contributed by atoms with van der Waals surface area (Å²) in [6, 6.07) is 8.44. The predicted molar refractivity (Wildman–Crippen MR) is 84.4 cm³/mol. The van der Waals surface area contributed by atoms with Gasteiger partial charge in [-0.25, -0.2) is 0 Å². The fraction of sp³-hybridized carbons (Fsp3) is 0.647. The van der Waals surface area contributed by atoms with E-state index >= 15 is 0 Å². The highest BCUT2D eigenvalue weighted by Crippen LogP contribution is 2.21. The molecule has 0 spiro atoms. The molecule has 0 aliphatic heterocycles. The Labute approximate surface area is 123 Å². The van der Waals surface area contributed by atoms with Crippen LogP contribution in [0.1, 0.15) is 52.1 Å². The van der Waals surface area contributed by atoms with Crippen molar-refractivity contribution in [1.29, 1.82) is 0 Å². The Morgan fingerprint density at radius 3 is 2.30 bits per heavy atom. The van der Waals surface area contributed by atoms with Gasteiger partial charge in [0.1, 0.15) is 5.75 Å². The van der Waals surface area contributed by atoms with Crippen molar-refractivity contribution in [2.75, 3.05) is 20.3 Å². The first kappa shape index (κ1) is 17.0. The Balaban J connectivity index is 2.71. The summed E-state index contributed by atoms with van der Waals surface area (Å²) >= 11 is 0. The molecule has 0 saturated heterocycles. The molecule has 1 rings (SSSR count). The number of hydrogen-bond donors (Lipinski definition) is 1. The van der Waals surface area contributed by atoms with Gasteiger partial charge in [-0.2, -0.15) is 0 Å². The van der Waals surface area contributed by atoms with Gasteiger partial charge in [0, 0.05) is 0 Å². The van der Waals surface area contributed by atoms with E-state index in [4.69, 9.17) is 9.47 Å². The van der Waals surface area contributed by atoms with Crippen LogP contribution in [0.25, 0.3) is 0 Å². The van der Waals surface area contributed by atoms with Crippen LogP contribution < -0.4 is 10.1 Å². The fourth-order valence-electron chi connectivity index (χ4n) is 1.84. The molecule has 0 fully saturated rings. The van der Waals surface area contributed by atoms with Gasteiger partial charge in [-0.3, -0.25) is 0 Å². The third-order valence-electron chi connectivity index (χ3n) is 3.65. The summed E-state index contributed by atoms with van der Waals surface area (Å²) in [5.74, 6) is 0.887. The lowest BCUT2D eigenvalue weighted by atomic mass is 10.0. The average molecular weight is 279 g/mol. The van der Waals surface area contributed by atoms with Crippen molar-refractivity contribution in [2.24, 2.45) is 0 Å². The maximum absolute atomic E-state index is 6.06. The van der Waals surface area contributed by atoms with Crippen LogP contribution in [0.5, 0.6) is 5.75 Å². The highest BCUT2D eigenvalue weighted by Gasteiger charge is 2.19. The third kappa shape index (κ3) is 5.51. The van der Waals surface area contributed by atoms with Crippen molar-refractivity contribution in [3.8, 4) is 5.75 Å². The Kier molecular flexibility index (Phi) is 7.03. The highest BCUT2D eigenvalue weighted by molar-refractivity contribution is 5.29. The van der Waals surface area contributed by atoms with Gasteiger partial charge in [0.05, 0.1) is 25.4 Å². The second kappa shape index (κ2) is 8.28. The van der Waals surface area contributed by atoms with Crippen LogP contribution in [0.3, 0.4) is 0 Å². The summed E-state index contributed by atoms with van der Waals surface area (Å²) < 4.78 is 11.3. The van der Waals surface area contributed by atoms with Gasteiger partial charge in [0.25, 0.3) is 0 Å². The molecule has 1 atom stereocenters. The second-order valence-electron chi connectivity index (χ2n) is 5.70. The largest absolute Gasteiger partial charge is 0.497 e. The lowest BCUT2D eigenvalue weighted by molar-refractivity contribution is -0.0307. The van der Waals surface area contributed by atoms with Crippen molar-refractivity contribution in [2.45, 2.75) is 52.2 Å². The number of ether oxygens (including phenoxy) is 2. The number of hydrogen-bond acceptors (Lipinski definition) is 3. The molecule has 20 heavy (non-hydrogen) atoms. The molecule has 3 nitrogen and oxygen atoms in total. The van der Waals surface area contributed by atoms with Crippen LogP contribution in [0.2, 0.25) is 0 Å². The van der Waals surface area contributed by atoms with Crippen LogP contribution >= 0.6 is 0 Å². The summed E-state index contributed by atoms with van der Waals surface area (Å²) in [6.45, 7) is 10.3. The molecule has 0 aromatic heterocycles. The molecule has 0 aliphatic carbocycles. The second-order valence-corrected chi connectivity index (χ2v) is 5.70. The van der Waals surface area contributed by atoms with E-state index in [0.717, 1.165) is 25.1 Å². The number of methoxy groups -OCH3 is 1. The van der Waals surface area contributed by atoms with Gasteiger partial charge in [-0.1, -0.05) is 26.0 Å². The molecule has 3 heteroatoms. The maximum Gasteiger partial charge on any atom is 0.118 e. The topological polar surface area (TPSA) is 30.5 Å². The summed E-state index contributed by atoms with van der Waals surface area (Å²) in [5, 5.41) is 3.55. The van der Waals surface area contributed by atoms with Gasteiger partial charge in [0.15, 0.2) is 0 Å². The van der Waals surface area contributed by atoms with Crippen LogP contribution in [-0.4, -0.2) is 25.9 Å². The molecule has 0 heterocycles. The van der Waals surface area contributed by atoms with Crippen molar-refractivity contribution in [3.63, 3.8) is 0 Å². The van der Waals surface area contributed by atoms with Gasteiger partial charge in [0.2, 0.25) is 0 Å². The van der Waals surface area contributed by atoms with E-state index in [1.54, 1.807) is 7.11 Å². The van der Waals surface area contributed by atoms with Crippen LogP contribution in [-0.2, 0) is 4.74 Å². The van der Waals surface area contributed by atoms with Crippen molar-refractivity contribution in [1.82, 2.24) is 5.32 Å². The molecule has 0 amide bonds. The monoisotopic (exact) mass is 279 g/mol. The highest BCUT2D eigenvalue weighted by atomic mass is 16.5. The zero-order valence-electron chi connectivity index (χ0n) is 13.5. The van der Waals surface area contributed by atoms with E-state index in [-0.39, 0.29) is 11.6 Å². The van der Waals surface area contributed by atoms with Gasteiger partial charge >= 0.3 is 0 Å². The first-order chi connectivity index (χ1) is 9.52. The molecule has 0 aliphatic rings. The quantitative estimate of drug-likeness (QED) is 0.742. The normalized spacial score (nSPS) is 13.2.